The zero-order valence-electron chi connectivity index (χ0n) is 16.1. The van der Waals surface area contributed by atoms with Gasteiger partial charge in [0, 0.05) is 12.1 Å². The Hall–Kier alpha value is -3.24. The van der Waals surface area contributed by atoms with E-state index in [1.54, 1.807) is 10.9 Å². The van der Waals surface area contributed by atoms with Gasteiger partial charge in [-0.1, -0.05) is 0 Å². The maximum atomic E-state index is 13.3. The van der Waals surface area contributed by atoms with Crippen LogP contribution in [0.4, 0.5) is 29.7 Å². The molecule has 2 aromatic heterocycles. The van der Waals surface area contributed by atoms with Gasteiger partial charge in [0.2, 0.25) is 11.9 Å². The summed E-state index contributed by atoms with van der Waals surface area (Å²) in [6.07, 6.45) is 0.863. The number of rotatable bonds is 2. The van der Waals surface area contributed by atoms with Crippen molar-refractivity contribution in [3.63, 3.8) is 0 Å². The zero-order chi connectivity index (χ0) is 20.9. The molecule has 154 valence electrons. The number of anilines is 2. The van der Waals surface area contributed by atoms with Crippen LogP contribution >= 0.6 is 0 Å². The number of fused-ring (bicyclic) bond motifs is 1. The number of carbonyl (C=O) groups excluding carboxylic acids is 2. The van der Waals surface area contributed by atoms with Crippen LogP contribution in [0.2, 0.25) is 0 Å². The summed E-state index contributed by atoms with van der Waals surface area (Å²) in [5, 5.41) is 6.84. The van der Waals surface area contributed by atoms with Crippen molar-refractivity contribution in [1.82, 2.24) is 19.7 Å². The van der Waals surface area contributed by atoms with Crippen LogP contribution in [0.5, 0.6) is 0 Å². The summed E-state index contributed by atoms with van der Waals surface area (Å²) >= 11 is 0. The van der Waals surface area contributed by atoms with Gasteiger partial charge in [0.05, 0.1) is 48.4 Å². The minimum absolute atomic E-state index is 0.0305. The molecule has 1 N–H and O–H groups in total. The first kappa shape index (κ1) is 19.1. The second-order valence-electron chi connectivity index (χ2n) is 7.27. The smallest absolute Gasteiger partial charge is 0.415 e. The molecule has 0 aliphatic carbocycles. The van der Waals surface area contributed by atoms with Gasteiger partial charge in [-0.2, -0.15) is 18.9 Å². The van der Waals surface area contributed by atoms with Crippen LogP contribution in [0.25, 0.3) is 0 Å². The summed E-state index contributed by atoms with van der Waals surface area (Å²) in [5.41, 5.74) is 1.23. The molecule has 4 heterocycles. The number of aromatic nitrogens is 3. The molecular formula is C18H20F2N6O3. The summed E-state index contributed by atoms with van der Waals surface area (Å²) in [6, 6.07) is 0.948. The number of hydrogen-bond acceptors (Lipinski definition) is 5. The lowest BCUT2D eigenvalue weighted by Gasteiger charge is -2.35. The molecule has 0 bridgehead atoms. The van der Waals surface area contributed by atoms with Gasteiger partial charge in [-0.15, -0.1) is 0 Å². The molecule has 3 atom stereocenters. The Balaban J connectivity index is 1.58. The van der Waals surface area contributed by atoms with Crippen LogP contribution < -0.4 is 10.2 Å². The SMILES string of the molecule is CC1[C@H](C)OC(=O)N1c1cnn2c1CN(C(=O)Nc1cc(F)nc(F)c1)[C@@H](C)C2. The van der Waals surface area contributed by atoms with E-state index in [0.29, 0.717) is 17.9 Å². The molecule has 0 aromatic carbocycles. The molecule has 0 spiro atoms. The molecule has 2 aromatic rings. The van der Waals surface area contributed by atoms with Gasteiger partial charge < -0.3 is 15.0 Å². The summed E-state index contributed by atoms with van der Waals surface area (Å²) < 4.78 is 33.6. The monoisotopic (exact) mass is 406 g/mol. The number of halogens is 2. The maximum Gasteiger partial charge on any atom is 0.415 e. The normalized spacial score (nSPS) is 23.8. The average Bonchev–Trinajstić information content (AvgIpc) is 3.12. The average molecular weight is 406 g/mol. The number of amides is 3. The molecule has 2 aliphatic heterocycles. The molecule has 4 rings (SSSR count). The van der Waals surface area contributed by atoms with Gasteiger partial charge in [0.15, 0.2) is 0 Å². The number of nitrogens with one attached hydrogen (secondary N) is 1. The Bertz CT molecular complexity index is 960. The molecule has 29 heavy (non-hydrogen) atoms. The predicted octanol–water partition coefficient (Wildman–Crippen LogP) is 2.73. The van der Waals surface area contributed by atoms with E-state index in [1.165, 1.54) is 9.80 Å². The van der Waals surface area contributed by atoms with Gasteiger partial charge in [-0.25, -0.2) is 9.59 Å². The molecule has 3 amide bonds. The third kappa shape index (κ3) is 3.36. The molecule has 11 heteroatoms. The molecule has 9 nitrogen and oxygen atoms in total. The summed E-state index contributed by atoms with van der Waals surface area (Å²) in [4.78, 5) is 31.1. The van der Waals surface area contributed by atoms with Gasteiger partial charge in [0.25, 0.3) is 0 Å². The minimum Gasteiger partial charge on any atom is -0.444 e. The highest BCUT2D eigenvalue weighted by Crippen LogP contribution is 2.33. The van der Waals surface area contributed by atoms with E-state index in [1.807, 2.05) is 20.8 Å². The molecule has 2 aliphatic rings. The molecule has 1 fully saturated rings. The lowest BCUT2D eigenvalue weighted by atomic mass is 10.1. The topological polar surface area (TPSA) is 92.6 Å². The fourth-order valence-electron chi connectivity index (χ4n) is 3.60. The van der Waals surface area contributed by atoms with Crippen molar-refractivity contribution in [1.29, 1.82) is 0 Å². The van der Waals surface area contributed by atoms with Gasteiger partial charge in [-0.3, -0.25) is 9.58 Å². The van der Waals surface area contributed by atoms with E-state index in [9.17, 15) is 18.4 Å². The van der Waals surface area contributed by atoms with Crippen LogP contribution in [-0.4, -0.2) is 50.0 Å². The highest BCUT2D eigenvalue weighted by atomic mass is 19.1. The Morgan fingerprint density at radius 2 is 1.93 bits per heavy atom. The largest absolute Gasteiger partial charge is 0.444 e. The van der Waals surface area contributed by atoms with E-state index in [-0.39, 0.29) is 30.4 Å². The third-order valence-electron chi connectivity index (χ3n) is 5.32. The molecule has 1 unspecified atom stereocenters. The predicted molar refractivity (Wildman–Crippen MR) is 98.3 cm³/mol. The van der Waals surface area contributed by atoms with Gasteiger partial charge >= 0.3 is 12.1 Å². The highest BCUT2D eigenvalue weighted by Gasteiger charge is 2.40. The Morgan fingerprint density at radius 3 is 2.55 bits per heavy atom. The van der Waals surface area contributed by atoms with E-state index >= 15 is 0 Å². The van der Waals surface area contributed by atoms with Crippen LogP contribution in [0.15, 0.2) is 18.3 Å². The Morgan fingerprint density at radius 1 is 1.24 bits per heavy atom. The van der Waals surface area contributed by atoms with Crippen LogP contribution in [0.3, 0.4) is 0 Å². The zero-order valence-corrected chi connectivity index (χ0v) is 16.1. The molecular weight excluding hydrogens is 386 g/mol. The maximum absolute atomic E-state index is 13.3. The standard InChI is InChI=1S/C18H20F2N6O3/c1-9-7-25-14(13(6-21-25)26-10(2)11(3)29-18(26)28)8-24(9)17(27)22-12-4-15(19)23-16(20)5-12/h4-6,9-11H,7-8H2,1-3H3,(H,22,23,27)/t9-,10?,11-/m0/s1. The first-order valence-corrected chi connectivity index (χ1v) is 9.20. The van der Waals surface area contributed by atoms with Crippen molar-refractivity contribution in [2.24, 2.45) is 0 Å². The summed E-state index contributed by atoms with van der Waals surface area (Å²) in [7, 11) is 0. The van der Waals surface area contributed by atoms with Gasteiger partial charge in [0.1, 0.15) is 6.10 Å². The third-order valence-corrected chi connectivity index (χ3v) is 5.32. The summed E-state index contributed by atoms with van der Waals surface area (Å²) in [5.74, 6) is -2.05. The van der Waals surface area contributed by atoms with Crippen LogP contribution in [0.1, 0.15) is 26.5 Å². The number of nitrogens with zero attached hydrogens (tertiary/aromatic N) is 5. The number of pyridine rings is 1. The van der Waals surface area contributed by atoms with Crippen molar-refractivity contribution in [3.05, 3.63) is 35.9 Å². The Kier molecular flexibility index (Phi) is 4.59. The number of ether oxygens (including phenoxy) is 1. The van der Waals surface area contributed by atoms with Crippen molar-refractivity contribution < 1.29 is 23.1 Å². The second kappa shape index (κ2) is 6.98. The summed E-state index contributed by atoms with van der Waals surface area (Å²) in [6.45, 7) is 6.11. The Labute approximate surface area is 165 Å². The molecule has 1 saturated heterocycles. The van der Waals surface area contributed by atoms with Crippen molar-refractivity contribution in [2.75, 3.05) is 10.2 Å². The highest BCUT2D eigenvalue weighted by molar-refractivity contribution is 5.92. The van der Waals surface area contributed by atoms with Gasteiger partial charge in [-0.05, 0) is 20.8 Å². The van der Waals surface area contributed by atoms with Crippen molar-refractivity contribution >= 4 is 23.5 Å². The number of cyclic esters (lactones) is 1. The number of hydrogen-bond donors (Lipinski definition) is 1. The van der Waals surface area contributed by atoms with E-state index in [2.05, 4.69) is 15.4 Å². The minimum atomic E-state index is -1.02. The lowest BCUT2D eigenvalue weighted by molar-refractivity contribution is 0.143. The fourth-order valence-corrected chi connectivity index (χ4v) is 3.60. The second-order valence-corrected chi connectivity index (χ2v) is 7.27. The quantitative estimate of drug-likeness (QED) is 0.775. The molecule has 0 saturated carbocycles. The van der Waals surface area contributed by atoms with Crippen LogP contribution in [0, 0.1) is 11.9 Å². The number of urea groups is 1. The fraction of sp³-hybridized carbons (Fsp3) is 0.444. The van der Waals surface area contributed by atoms with Crippen LogP contribution in [-0.2, 0) is 17.8 Å². The van der Waals surface area contributed by atoms with Crippen molar-refractivity contribution in [3.8, 4) is 0 Å². The lowest BCUT2D eigenvalue weighted by Crippen LogP contribution is -2.47. The van der Waals surface area contributed by atoms with E-state index in [0.717, 1.165) is 12.1 Å². The first-order valence-electron chi connectivity index (χ1n) is 9.20. The van der Waals surface area contributed by atoms with E-state index in [4.69, 9.17) is 4.74 Å². The number of carbonyl (C=O) groups is 2. The first-order chi connectivity index (χ1) is 13.7. The molecule has 0 radical (unpaired) electrons. The van der Waals surface area contributed by atoms with Crippen molar-refractivity contribution in [2.45, 2.75) is 52.0 Å². The van der Waals surface area contributed by atoms with E-state index < -0.39 is 24.0 Å².